The van der Waals surface area contributed by atoms with E-state index in [1.807, 2.05) is 6.07 Å². The minimum absolute atomic E-state index is 0.507. The summed E-state index contributed by atoms with van der Waals surface area (Å²) >= 11 is -0.826. The quantitative estimate of drug-likeness (QED) is 0.117. The van der Waals surface area contributed by atoms with Crippen LogP contribution in [0.4, 0.5) is 0 Å². The summed E-state index contributed by atoms with van der Waals surface area (Å²) in [4.78, 5) is 0. The molecule has 4 heteroatoms. The van der Waals surface area contributed by atoms with Gasteiger partial charge >= 0.3 is 37.9 Å². The van der Waals surface area contributed by atoms with Gasteiger partial charge in [-0.2, -0.15) is 35.5 Å². The van der Waals surface area contributed by atoms with Crippen LogP contribution < -0.4 is 10.4 Å². The van der Waals surface area contributed by atoms with E-state index in [2.05, 4.69) is 157 Å². The largest absolute Gasteiger partial charge is 0.184 e. The van der Waals surface area contributed by atoms with Crippen molar-refractivity contribution in [2.24, 2.45) is 0 Å². The van der Waals surface area contributed by atoms with Crippen LogP contribution in [-0.2, 0) is 20.8 Å². The Hall–Kier alpha value is -2.61. The molecule has 6 aromatic carbocycles. The van der Waals surface area contributed by atoms with Gasteiger partial charge in [-0.15, -0.1) is 34.0 Å². The van der Waals surface area contributed by atoms with Gasteiger partial charge < -0.3 is 0 Å². The van der Waals surface area contributed by atoms with Crippen molar-refractivity contribution in [3.63, 3.8) is 0 Å². The molecule has 47 heavy (non-hydrogen) atoms. The second-order valence-corrected chi connectivity index (χ2v) is 17.9. The van der Waals surface area contributed by atoms with Crippen molar-refractivity contribution in [2.75, 3.05) is 0 Å². The average Bonchev–Trinajstić information content (AvgIpc) is 3.70. The molecule has 0 saturated heterocycles. The summed E-state index contributed by atoms with van der Waals surface area (Å²) in [5.41, 5.74) is 12.4. The van der Waals surface area contributed by atoms with E-state index in [4.69, 9.17) is 17.0 Å². The zero-order chi connectivity index (χ0) is 33.5. The van der Waals surface area contributed by atoms with Gasteiger partial charge in [0.25, 0.3) is 0 Å². The maximum Gasteiger partial charge on any atom is 0.0920 e. The fourth-order valence-electron chi connectivity index (χ4n) is 6.21. The van der Waals surface area contributed by atoms with Crippen LogP contribution in [0.2, 0.25) is 0 Å². The Labute approximate surface area is 303 Å². The van der Waals surface area contributed by atoms with E-state index in [1.165, 1.54) is 71.2 Å². The minimum Gasteiger partial charge on any atom is -0.184 e. The van der Waals surface area contributed by atoms with E-state index in [9.17, 15) is 0 Å². The van der Waals surface area contributed by atoms with Crippen LogP contribution in [0.3, 0.4) is 0 Å². The van der Waals surface area contributed by atoms with Gasteiger partial charge in [-0.3, -0.25) is 0 Å². The summed E-state index contributed by atoms with van der Waals surface area (Å²) in [5.74, 6) is 1.59. The normalized spacial score (nSPS) is 12.0. The predicted molar refractivity (Wildman–Crippen MR) is 205 cm³/mol. The second kappa shape index (κ2) is 16.7. The van der Waals surface area contributed by atoms with Crippen molar-refractivity contribution in [1.82, 2.24) is 0 Å². The summed E-state index contributed by atoms with van der Waals surface area (Å²) in [6.45, 7) is 13.8. The average molecular weight is 749 g/mol. The SMILES string of the molecule is CCC(C)c1cc2c(-c3cc(C(C)C)cc(C(C)C)c3)c(-c3ccccc3)ccc2[cH-]1.[Cl][Zr+2][Cl].[c-]1cccc2c1[Si]c1ccccc1-2. The summed E-state index contributed by atoms with van der Waals surface area (Å²) < 4.78 is 0. The fraction of sp³-hybridized carbons (Fsp3) is 0.233. The molecule has 0 bridgehead atoms. The van der Waals surface area contributed by atoms with E-state index in [0.717, 1.165) is 15.9 Å². The maximum absolute atomic E-state index is 4.93. The van der Waals surface area contributed by atoms with Gasteiger partial charge in [0.1, 0.15) is 0 Å². The number of benzene rings is 5. The van der Waals surface area contributed by atoms with Crippen molar-refractivity contribution in [2.45, 2.75) is 65.7 Å². The molecule has 0 spiro atoms. The first-order valence-electron chi connectivity index (χ1n) is 16.5. The van der Waals surface area contributed by atoms with Crippen molar-refractivity contribution < 1.29 is 20.8 Å². The van der Waals surface area contributed by atoms with E-state index >= 15 is 0 Å². The first-order chi connectivity index (χ1) is 22.7. The predicted octanol–water partition coefficient (Wildman–Crippen LogP) is 12.2. The molecule has 0 aromatic heterocycles. The van der Waals surface area contributed by atoms with E-state index in [1.54, 1.807) is 0 Å². The van der Waals surface area contributed by atoms with Crippen molar-refractivity contribution in [3.05, 3.63) is 138 Å². The molecule has 236 valence electrons. The van der Waals surface area contributed by atoms with Crippen LogP contribution in [0.1, 0.15) is 82.4 Å². The van der Waals surface area contributed by atoms with Gasteiger partial charge in [-0.05, 0) is 45.6 Å². The molecule has 2 radical (unpaired) electrons. The number of rotatable bonds is 6. The van der Waals surface area contributed by atoms with Crippen LogP contribution in [0.15, 0.2) is 115 Å². The molecule has 6 aromatic rings. The molecule has 1 unspecified atom stereocenters. The summed E-state index contributed by atoms with van der Waals surface area (Å²) in [6, 6.07) is 45.7. The molecular weight excluding hydrogens is 707 g/mol. The van der Waals surface area contributed by atoms with Crippen LogP contribution in [0.25, 0.3) is 44.2 Å². The molecular formula is C43H42Cl2SiZr. The molecule has 0 N–H and O–H groups in total. The molecule has 0 saturated carbocycles. The van der Waals surface area contributed by atoms with Crippen LogP contribution in [0, 0.1) is 6.07 Å². The van der Waals surface area contributed by atoms with Gasteiger partial charge in [-0.1, -0.05) is 143 Å². The van der Waals surface area contributed by atoms with Gasteiger partial charge in [0.15, 0.2) is 0 Å². The van der Waals surface area contributed by atoms with Gasteiger partial charge in [-0.25, -0.2) is 0 Å². The van der Waals surface area contributed by atoms with Crippen molar-refractivity contribution >= 4 is 47.7 Å². The van der Waals surface area contributed by atoms with Gasteiger partial charge in [0.05, 0.1) is 9.52 Å². The molecule has 1 aliphatic heterocycles. The van der Waals surface area contributed by atoms with E-state index in [-0.39, 0.29) is 0 Å². The molecule has 0 fully saturated rings. The monoisotopic (exact) mass is 746 g/mol. The third kappa shape index (κ3) is 8.34. The molecule has 7 rings (SSSR count). The number of fused-ring (bicyclic) bond motifs is 4. The molecule has 1 aliphatic rings. The summed E-state index contributed by atoms with van der Waals surface area (Å²) in [7, 11) is 10.7. The van der Waals surface area contributed by atoms with Crippen LogP contribution in [-0.4, -0.2) is 9.52 Å². The Morgan fingerprint density at radius 1 is 0.702 bits per heavy atom. The summed E-state index contributed by atoms with van der Waals surface area (Å²) in [5, 5.41) is 5.56. The first-order valence-corrected chi connectivity index (χ1v) is 23.9. The molecule has 0 amide bonds. The van der Waals surface area contributed by atoms with Crippen LogP contribution in [0.5, 0.6) is 0 Å². The Kier molecular flexibility index (Phi) is 12.7. The fourth-order valence-corrected chi connectivity index (χ4v) is 7.52. The Morgan fingerprint density at radius 3 is 2.00 bits per heavy atom. The zero-order valence-electron chi connectivity index (χ0n) is 28.2. The first kappa shape index (κ1) is 35.7. The molecule has 1 atom stereocenters. The number of hydrogen-bond acceptors (Lipinski definition) is 0. The third-order valence-electron chi connectivity index (χ3n) is 9.11. The maximum atomic E-state index is 4.93. The second-order valence-electron chi connectivity index (χ2n) is 12.9. The Morgan fingerprint density at radius 2 is 1.34 bits per heavy atom. The molecule has 0 aliphatic carbocycles. The Balaban J connectivity index is 0.000000222. The number of halogens is 2. The zero-order valence-corrected chi connectivity index (χ0v) is 33.1. The Bertz CT molecular complexity index is 1850. The van der Waals surface area contributed by atoms with Crippen molar-refractivity contribution in [1.29, 1.82) is 0 Å². The topological polar surface area (TPSA) is 0 Å². The number of hydrogen-bond donors (Lipinski definition) is 0. The van der Waals surface area contributed by atoms with Crippen LogP contribution >= 0.6 is 17.0 Å². The minimum atomic E-state index is -0.826. The molecule has 0 nitrogen and oxygen atoms in total. The van der Waals surface area contributed by atoms with Gasteiger partial charge in [0, 0.05) is 0 Å². The van der Waals surface area contributed by atoms with Gasteiger partial charge in [0.2, 0.25) is 0 Å². The van der Waals surface area contributed by atoms with Crippen molar-refractivity contribution in [3.8, 4) is 33.4 Å². The molecule has 1 heterocycles. The third-order valence-corrected chi connectivity index (χ3v) is 10.5. The smallest absolute Gasteiger partial charge is 0.0920 e. The standard InChI is InChI=1S/C31H35.C12H7Si.2ClH.Zr/c1-7-22(6)27-15-24-13-14-29(23-11-9-8-10-12-23)31(30(24)19-27)28-17-25(20(2)3)16-26(18-28)21(4)5;1-3-7-11-9(5-1)10-6-2-4-8-12(10)13-11;;;/h8-22H,7H2,1-6H3;1-7H;2*1H;/q2*-1;;;+4/p-2. The summed E-state index contributed by atoms with van der Waals surface area (Å²) in [6.07, 6.45) is 1.16. The van der Waals surface area contributed by atoms with E-state index in [0.29, 0.717) is 17.8 Å². The van der Waals surface area contributed by atoms with E-state index < -0.39 is 20.8 Å².